The van der Waals surface area contributed by atoms with Gasteiger partial charge >= 0.3 is 31.5 Å². The van der Waals surface area contributed by atoms with Crippen molar-refractivity contribution in [3.8, 4) is 11.3 Å². The minimum Gasteiger partial charge on any atom is -0.443 e. The first-order valence-electron chi connectivity index (χ1n) is 33.4. The number of amides is 4. The summed E-state index contributed by atoms with van der Waals surface area (Å²) in [5, 5.41) is 0.484. The summed E-state index contributed by atoms with van der Waals surface area (Å²) in [6.45, 7) is 37.2. The van der Waals surface area contributed by atoms with Gasteiger partial charge in [-0.2, -0.15) is 9.97 Å². The van der Waals surface area contributed by atoms with Crippen molar-refractivity contribution in [2.75, 3.05) is 140 Å². The molecule has 5 aliphatic heterocycles. The molecule has 0 atom stereocenters. The van der Waals surface area contributed by atoms with E-state index < -0.39 is 113 Å². The monoisotopic (exact) mass is 1570 g/mol. The number of nitrogens with zero attached hydrogens (tertiary/aromatic N) is 16. The summed E-state index contributed by atoms with van der Waals surface area (Å²) >= 11 is 9.02. The molecule has 10 heterocycles. The lowest BCUT2D eigenvalue weighted by atomic mass is 9.79. The summed E-state index contributed by atoms with van der Waals surface area (Å²) in [6, 6.07) is 3.51. The van der Waals surface area contributed by atoms with Gasteiger partial charge in [-0.25, -0.2) is 85.4 Å². The Kier molecular flexibility index (Phi) is 28.6. The molecule has 5 aromatic rings. The van der Waals surface area contributed by atoms with E-state index in [1.807, 2.05) is 11.0 Å². The van der Waals surface area contributed by atoms with Crippen LogP contribution in [0.3, 0.4) is 0 Å². The van der Waals surface area contributed by atoms with Crippen molar-refractivity contribution in [1.82, 2.24) is 49.8 Å². The average molecular weight is 1570 g/mol. The minimum absolute atomic E-state index is 0.0559. The molecule has 31 nitrogen and oxygen atoms in total. The van der Waals surface area contributed by atoms with Crippen LogP contribution in [0.15, 0.2) is 35.2 Å². The van der Waals surface area contributed by atoms with Crippen molar-refractivity contribution < 1.29 is 92.7 Å². The molecule has 10 rings (SSSR count). The predicted molar refractivity (Wildman–Crippen MR) is 379 cm³/mol. The topological polar surface area (TPSA) is 335 Å². The fourth-order valence-electron chi connectivity index (χ4n) is 9.61. The summed E-state index contributed by atoms with van der Waals surface area (Å²) < 4.78 is 135. The maximum atomic E-state index is 14.0. The molecule has 105 heavy (non-hydrogen) atoms. The van der Waals surface area contributed by atoms with Crippen LogP contribution >= 0.6 is 27.5 Å². The molecule has 2 N–H and O–H groups in total. The van der Waals surface area contributed by atoms with Crippen molar-refractivity contribution in [2.24, 2.45) is 0 Å². The Morgan fingerprint density at radius 1 is 0.495 bits per heavy atom. The lowest BCUT2D eigenvalue weighted by Gasteiger charge is -2.32. The highest BCUT2D eigenvalue weighted by Gasteiger charge is 2.53. The second kappa shape index (κ2) is 35.6. The van der Waals surface area contributed by atoms with Crippen LogP contribution in [0.25, 0.3) is 11.3 Å². The maximum Gasteiger partial charge on any atom is 0.498 e. The van der Waals surface area contributed by atoms with Gasteiger partial charge in [-0.05, 0) is 127 Å². The van der Waals surface area contributed by atoms with E-state index in [0.717, 1.165) is 57.6 Å². The molecule has 40 heteroatoms. The number of morpholine rings is 4. The van der Waals surface area contributed by atoms with Gasteiger partial charge in [-0.15, -0.1) is 9.80 Å². The van der Waals surface area contributed by atoms with Crippen LogP contribution in [0.5, 0.6) is 0 Å². The second-order valence-electron chi connectivity index (χ2n) is 28.7. The normalized spacial score (nSPS) is 17.0. The Balaban J connectivity index is 0.000000199. The molecular weight excluding hydrogens is 1480 g/mol. The first-order chi connectivity index (χ1) is 48.9. The molecule has 0 radical (unpaired) electrons. The van der Waals surface area contributed by atoms with Crippen molar-refractivity contribution in [2.45, 2.75) is 164 Å². The highest BCUT2D eigenvalue weighted by molar-refractivity contribution is 9.10. The number of alkyl halides is 6. The van der Waals surface area contributed by atoms with Gasteiger partial charge in [0, 0.05) is 94.1 Å². The molecule has 0 bridgehead atoms. The molecule has 5 aromatic heterocycles. The number of imide groups is 2. The maximum absolute atomic E-state index is 14.0. The van der Waals surface area contributed by atoms with Crippen molar-refractivity contribution >= 4 is 106 Å². The third-order valence-electron chi connectivity index (χ3n) is 15.2. The Labute approximate surface area is 618 Å². The van der Waals surface area contributed by atoms with Gasteiger partial charge in [0.1, 0.15) is 56.3 Å². The third kappa shape index (κ3) is 24.5. The second-order valence-corrected chi connectivity index (χ2v) is 29.9. The molecule has 0 saturated carbocycles. The molecule has 0 aromatic carbocycles. The van der Waals surface area contributed by atoms with Crippen molar-refractivity contribution in [3.05, 3.63) is 57.4 Å². The van der Waals surface area contributed by atoms with E-state index in [9.17, 15) is 45.5 Å². The zero-order valence-electron chi connectivity index (χ0n) is 61.5. The molecule has 578 valence electrons. The number of anilines is 7. The van der Waals surface area contributed by atoms with Gasteiger partial charge in [0.2, 0.25) is 29.7 Å². The predicted octanol–water partition coefficient (Wildman–Crippen LogP) is 11.2. The number of hydrogen-bond acceptors (Lipinski definition) is 29. The Morgan fingerprint density at radius 3 is 1.23 bits per heavy atom. The van der Waals surface area contributed by atoms with Gasteiger partial charge in [-0.1, -0.05) is 11.6 Å². The van der Waals surface area contributed by atoms with E-state index >= 15 is 0 Å². The first-order valence-corrected chi connectivity index (χ1v) is 34.6. The molecule has 0 unspecified atom stereocenters. The molecule has 0 aliphatic carbocycles. The standard InChI is InChI=1S/C21H32BF2N3O6.C17H21F2N7O2.C15H20BrF2N3O4.C12H17ClN4O2/c1-18(2,3)30-16(28)27(17(29)31-19(4,5)6)15-25-11-12(13(26-15)14(23)24)22-32-20(7,8)21(9,10)33-22;18-15(19)14-11(10-21-16(20)24-14)12-9-13(25-1-5-27-6-2-25)23-17(22-12)26-3-7-28-8-4-26;1-14(2,3)24-12(22)21(13(23)25-15(4,5)6)11-19-7-8(16)9(20-11)10(17)18;13-10-9-11(16-1-5-18-6-2-16)15-12(14-10)17-3-7-19-8-4-17/h11,14H,1-10H3;9-10,15H,1-8H2,(H2,20,21,24);7,10H,1-6H3;9H,1-8H2. The smallest absolute Gasteiger partial charge is 0.443 e. The van der Waals surface area contributed by atoms with Gasteiger partial charge < -0.3 is 72.5 Å². The first kappa shape index (κ1) is 84.3. The van der Waals surface area contributed by atoms with Crippen LogP contribution in [0.1, 0.15) is 147 Å². The van der Waals surface area contributed by atoms with E-state index in [1.54, 1.807) is 117 Å². The third-order valence-corrected chi connectivity index (χ3v) is 16.0. The van der Waals surface area contributed by atoms with E-state index in [-0.39, 0.29) is 21.4 Å². The van der Waals surface area contributed by atoms with Crippen molar-refractivity contribution in [3.63, 3.8) is 0 Å². The molecule has 4 amide bonds. The van der Waals surface area contributed by atoms with Crippen LogP contribution in [0.2, 0.25) is 5.15 Å². The molecule has 5 saturated heterocycles. The van der Waals surface area contributed by atoms with Gasteiger partial charge in [0.05, 0.1) is 74.2 Å². The SMILES string of the molecule is CC(C)(C)OC(=O)N(C(=O)OC(C)(C)C)c1ncc(B2OC(C)(C)C(C)(C)O2)c(C(F)F)n1.CC(C)(C)OC(=O)N(C(=O)OC(C)(C)C)c1ncc(Br)c(C(F)F)n1.Clc1cc(N2CCOCC2)nc(N2CCOCC2)n1.Nc1ncc(-c2cc(N3CCOCC3)nc(N3CCOCC3)n2)c(C(F)F)n1. The fraction of sp³-hybridized carbons (Fsp3) is 0.631. The number of aromatic nitrogens is 10. The van der Waals surface area contributed by atoms with E-state index in [0.29, 0.717) is 104 Å². The van der Waals surface area contributed by atoms with Crippen LogP contribution in [0.4, 0.5) is 86.9 Å². The summed E-state index contributed by atoms with van der Waals surface area (Å²) in [4.78, 5) is 100. The average Bonchev–Trinajstić information content (AvgIpc) is 1.63. The highest BCUT2D eigenvalue weighted by Crippen LogP contribution is 2.38. The van der Waals surface area contributed by atoms with E-state index in [2.05, 4.69) is 80.5 Å². The van der Waals surface area contributed by atoms with Gasteiger partial charge in [-0.3, -0.25) is 0 Å². The van der Waals surface area contributed by atoms with E-state index in [1.165, 1.54) is 6.20 Å². The van der Waals surface area contributed by atoms with Gasteiger partial charge in [0.15, 0.2) is 0 Å². The number of hydrogen-bond donors (Lipinski definition) is 1. The number of nitrogens with two attached hydrogens (primary N) is 1. The Morgan fingerprint density at radius 2 is 0.848 bits per heavy atom. The Hall–Kier alpha value is -7.95. The highest BCUT2D eigenvalue weighted by atomic mass is 79.9. The summed E-state index contributed by atoms with van der Waals surface area (Å²) in [5.41, 5.74) is -1.35. The number of ether oxygens (including phenoxy) is 8. The number of nitrogen functional groups attached to an aromatic ring is 1. The molecule has 0 spiro atoms. The summed E-state index contributed by atoms with van der Waals surface area (Å²) in [5.74, 6) is 1.32. The fourth-order valence-corrected chi connectivity index (χ4v) is 10.1. The molecular formula is C65H90BBrClF6N17O14. The number of rotatable bonds is 11. The van der Waals surface area contributed by atoms with Crippen LogP contribution in [-0.2, 0) is 47.2 Å². The van der Waals surface area contributed by atoms with Crippen LogP contribution in [0, 0.1) is 0 Å². The quantitative estimate of drug-likeness (QED) is 0.0555. The van der Waals surface area contributed by atoms with Gasteiger partial charge in [0.25, 0.3) is 19.3 Å². The lowest BCUT2D eigenvalue weighted by Crippen LogP contribution is -2.45. The number of carbonyl (C=O) groups excluding carboxylic acids is 4. The summed E-state index contributed by atoms with van der Waals surface area (Å²) in [6.07, 6.45) is -10.0. The van der Waals surface area contributed by atoms with Crippen LogP contribution < -0.4 is 40.6 Å². The molecule has 5 fully saturated rings. The number of carbonyl (C=O) groups is 4. The van der Waals surface area contributed by atoms with Crippen molar-refractivity contribution in [1.29, 1.82) is 0 Å². The lowest BCUT2D eigenvalue weighted by molar-refractivity contribution is 0.00578. The van der Waals surface area contributed by atoms with Crippen LogP contribution in [-0.4, -0.2) is 220 Å². The van der Waals surface area contributed by atoms with E-state index in [4.69, 9.17) is 64.5 Å². The zero-order chi connectivity index (χ0) is 77.7. The minimum atomic E-state index is -3.07. The Bertz CT molecular complexity index is 3640. The molecule has 5 aliphatic rings. The largest absolute Gasteiger partial charge is 0.498 e. The number of halogens is 8. The zero-order valence-corrected chi connectivity index (χ0v) is 63.8. The summed E-state index contributed by atoms with van der Waals surface area (Å²) in [7, 11) is -1.16.